The minimum Gasteiger partial charge on any atom is -0.391 e. The lowest BCUT2D eigenvalue weighted by Gasteiger charge is -2.72. The van der Waals surface area contributed by atoms with Crippen molar-refractivity contribution in [3.63, 3.8) is 0 Å². The lowest BCUT2D eigenvalue weighted by atomic mass is 9.37. The largest absolute Gasteiger partial charge is 0.391 e. The predicted molar refractivity (Wildman–Crippen MR) is 91.2 cm³/mol. The van der Waals surface area contributed by atoms with E-state index >= 15 is 0 Å². The van der Waals surface area contributed by atoms with Crippen molar-refractivity contribution in [3.05, 3.63) is 12.2 Å². The van der Waals surface area contributed by atoms with Crippen molar-refractivity contribution in [2.24, 2.45) is 34.0 Å². The van der Waals surface area contributed by atoms with E-state index in [1.165, 1.54) is 0 Å². The first kappa shape index (κ1) is 16.8. The molecule has 7 aliphatic rings. The summed E-state index contributed by atoms with van der Waals surface area (Å²) in [6.45, 7) is 4.30. The summed E-state index contributed by atoms with van der Waals surface area (Å²) in [5, 5.41) is 37.5. The molecule has 7 heteroatoms. The van der Waals surface area contributed by atoms with Crippen LogP contribution in [-0.4, -0.2) is 63.6 Å². The van der Waals surface area contributed by atoms with E-state index in [0.717, 1.165) is 0 Å². The molecule has 0 radical (unpaired) electrons. The summed E-state index contributed by atoms with van der Waals surface area (Å²) in [5.74, 6) is -4.08. The zero-order valence-electron chi connectivity index (χ0n) is 15.4. The van der Waals surface area contributed by atoms with Gasteiger partial charge in [-0.3, -0.25) is 9.59 Å². The number of allylic oxidation sites excluding steroid dienone is 2. The zero-order valence-corrected chi connectivity index (χ0v) is 15.4. The molecule has 4 N–H and O–H groups in total. The fourth-order valence-corrected chi connectivity index (χ4v) is 8.02. The van der Waals surface area contributed by atoms with Crippen molar-refractivity contribution < 1.29 is 29.6 Å². The van der Waals surface area contributed by atoms with Gasteiger partial charge in [0.15, 0.2) is 11.6 Å². The highest BCUT2D eigenvalue weighted by molar-refractivity contribution is 6.05. The van der Waals surface area contributed by atoms with E-state index in [4.69, 9.17) is 4.74 Å². The number of Topliss-reactive ketones (excluding diaryl/α,β-unsaturated/α-hetero) is 1. The highest BCUT2D eigenvalue weighted by atomic mass is 16.6. The summed E-state index contributed by atoms with van der Waals surface area (Å²) in [6.07, 6.45) is 1.93. The van der Waals surface area contributed by atoms with Crippen LogP contribution in [0.4, 0.5) is 0 Å². The van der Waals surface area contributed by atoms with Crippen LogP contribution in [0.15, 0.2) is 12.2 Å². The predicted octanol–water partition coefficient (Wildman–Crippen LogP) is -0.854. The molecule has 146 valence electrons. The van der Waals surface area contributed by atoms with E-state index in [1.54, 1.807) is 12.2 Å². The van der Waals surface area contributed by atoms with Gasteiger partial charge in [0.2, 0.25) is 5.79 Å². The van der Waals surface area contributed by atoms with Gasteiger partial charge in [-0.15, -0.1) is 0 Å². The van der Waals surface area contributed by atoms with Crippen molar-refractivity contribution in [3.8, 4) is 0 Å². The standard InChI is InChI=1S/C20H25NO6/c1-16(2)6-5-11(22)17-8-27-20(26,14(24)12(16)17)19-10(17)4-3-9(13(19)23)18(7-21-18)15(19)25/h5-6,9-10,12-14,21,23-24,26H,3-4,7-8H2,1-2H3/t9-,10?,12?,13-,14+,17-,18?,19-,20?/m1/s1. The van der Waals surface area contributed by atoms with Gasteiger partial charge in [-0.05, 0) is 30.3 Å². The number of hydrogen-bond acceptors (Lipinski definition) is 7. The Hall–Kier alpha value is -1.12. The fourth-order valence-electron chi connectivity index (χ4n) is 8.02. The minimum absolute atomic E-state index is 0.0324. The second kappa shape index (κ2) is 4.24. The van der Waals surface area contributed by atoms with Crippen LogP contribution < -0.4 is 5.32 Å². The van der Waals surface area contributed by atoms with Crippen molar-refractivity contribution in [2.45, 2.75) is 50.2 Å². The van der Waals surface area contributed by atoms with Gasteiger partial charge in [-0.1, -0.05) is 19.9 Å². The van der Waals surface area contributed by atoms with Crippen LogP contribution in [0.1, 0.15) is 26.7 Å². The molecule has 4 aliphatic carbocycles. The summed E-state index contributed by atoms with van der Waals surface area (Å²) in [7, 11) is 0. The highest BCUT2D eigenvalue weighted by Gasteiger charge is 2.90. The number of aliphatic hydroxyl groups excluding tert-OH is 2. The summed E-state index contributed by atoms with van der Waals surface area (Å²) < 4.78 is 5.80. The molecule has 9 atom stereocenters. The molecule has 3 saturated carbocycles. The first-order valence-electron chi connectivity index (χ1n) is 9.87. The Morgan fingerprint density at radius 3 is 2.56 bits per heavy atom. The molecule has 3 spiro atoms. The third-order valence-corrected chi connectivity index (χ3v) is 9.08. The second-order valence-corrected chi connectivity index (χ2v) is 10.2. The van der Waals surface area contributed by atoms with Crippen LogP contribution in [-0.2, 0) is 14.3 Å². The van der Waals surface area contributed by atoms with Gasteiger partial charge in [-0.2, -0.15) is 0 Å². The van der Waals surface area contributed by atoms with Crippen LogP contribution in [0.2, 0.25) is 0 Å². The zero-order chi connectivity index (χ0) is 19.2. The molecule has 0 aromatic carbocycles. The fraction of sp³-hybridized carbons (Fsp3) is 0.800. The number of rotatable bonds is 0. The Labute approximate surface area is 156 Å². The van der Waals surface area contributed by atoms with Gasteiger partial charge >= 0.3 is 0 Å². The maximum Gasteiger partial charge on any atom is 0.208 e. The number of hydrogen-bond donors (Lipinski definition) is 4. The van der Waals surface area contributed by atoms with E-state index < -0.39 is 51.6 Å². The van der Waals surface area contributed by atoms with E-state index in [9.17, 15) is 24.9 Å². The number of nitrogens with one attached hydrogen (secondary N) is 1. The third kappa shape index (κ3) is 1.33. The van der Waals surface area contributed by atoms with Crippen LogP contribution in [0, 0.1) is 34.0 Å². The van der Waals surface area contributed by atoms with Crippen LogP contribution >= 0.6 is 0 Å². The Morgan fingerprint density at radius 1 is 1.19 bits per heavy atom. The third-order valence-electron chi connectivity index (χ3n) is 9.08. The molecule has 7 nitrogen and oxygen atoms in total. The quantitative estimate of drug-likeness (QED) is 0.406. The Kier molecular flexibility index (Phi) is 2.64. The topological polar surface area (TPSA) is 126 Å². The molecule has 3 aliphatic heterocycles. The SMILES string of the molecule is CC1(C)C=CC(=O)[C@]23COC(O)([C@@H](O)C12)[C@]12C(=O)C4(CN4)[C@H](CCC31)[C@H]2O. The molecule has 3 saturated heterocycles. The Balaban J connectivity index is 1.67. The molecule has 4 bridgehead atoms. The molecule has 0 aromatic rings. The molecule has 4 unspecified atom stereocenters. The molecule has 27 heavy (non-hydrogen) atoms. The van der Waals surface area contributed by atoms with Crippen molar-refractivity contribution >= 4 is 11.6 Å². The Morgan fingerprint density at radius 2 is 1.89 bits per heavy atom. The summed E-state index contributed by atoms with van der Waals surface area (Å²) in [6, 6.07) is 0. The summed E-state index contributed by atoms with van der Waals surface area (Å²) in [4.78, 5) is 27.0. The number of ether oxygens (including phenoxy) is 1. The summed E-state index contributed by atoms with van der Waals surface area (Å²) in [5.41, 5.74) is -4.17. The second-order valence-electron chi connectivity index (χ2n) is 10.2. The molecular formula is C20H25NO6. The van der Waals surface area contributed by atoms with Gasteiger partial charge in [0.25, 0.3) is 0 Å². The number of carbonyl (C=O) groups is 2. The maximum absolute atomic E-state index is 13.7. The van der Waals surface area contributed by atoms with E-state index in [1.807, 2.05) is 13.8 Å². The van der Waals surface area contributed by atoms with Gasteiger partial charge in [0.05, 0.1) is 23.7 Å². The molecule has 0 amide bonds. The Bertz CT molecular complexity index is 832. The number of fused-ring (bicyclic) bond motifs is 3. The van der Waals surface area contributed by atoms with E-state index in [0.29, 0.717) is 19.4 Å². The van der Waals surface area contributed by atoms with Crippen LogP contribution in [0.5, 0.6) is 0 Å². The lowest BCUT2D eigenvalue weighted by molar-refractivity contribution is -0.433. The first-order valence-corrected chi connectivity index (χ1v) is 9.87. The van der Waals surface area contributed by atoms with Gasteiger partial charge in [0.1, 0.15) is 11.5 Å². The van der Waals surface area contributed by atoms with E-state index in [2.05, 4.69) is 5.32 Å². The molecular weight excluding hydrogens is 350 g/mol. The molecule has 0 aromatic heterocycles. The average molecular weight is 375 g/mol. The van der Waals surface area contributed by atoms with Crippen molar-refractivity contribution in [1.29, 1.82) is 0 Å². The normalized spacial score (nSPS) is 61.9. The van der Waals surface area contributed by atoms with Crippen LogP contribution in [0.25, 0.3) is 0 Å². The van der Waals surface area contributed by atoms with Crippen molar-refractivity contribution in [2.75, 3.05) is 13.2 Å². The van der Waals surface area contributed by atoms with Gasteiger partial charge < -0.3 is 25.4 Å². The number of ketones is 2. The smallest absolute Gasteiger partial charge is 0.208 e. The molecule has 6 fully saturated rings. The van der Waals surface area contributed by atoms with Crippen molar-refractivity contribution in [1.82, 2.24) is 5.32 Å². The number of aliphatic hydroxyl groups is 3. The average Bonchev–Trinajstić information content (AvgIpc) is 3.40. The summed E-state index contributed by atoms with van der Waals surface area (Å²) >= 11 is 0. The molecule has 3 heterocycles. The first-order chi connectivity index (χ1) is 12.6. The lowest BCUT2D eigenvalue weighted by Crippen LogP contribution is -2.84. The van der Waals surface area contributed by atoms with Gasteiger partial charge in [-0.25, -0.2) is 0 Å². The minimum atomic E-state index is -2.18. The number of carbonyl (C=O) groups excluding carboxylic acids is 2. The van der Waals surface area contributed by atoms with E-state index in [-0.39, 0.29) is 24.1 Å². The maximum atomic E-state index is 13.7. The monoisotopic (exact) mass is 375 g/mol. The van der Waals surface area contributed by atoms with Crippen LogP contribution in [0.3, 0.4) is 0 Å². The highest BCUT2D eigenvalue weighted by Crippen LogP contribution is 2.76. The molecule has 7 rings (SSSR count). The van der Waals surface area contributed by atoms with Gasteiger partial charge in [0, 0.05) is 18.4 Å².